The summed E-state index contributed by atoms with van der Waals surface area (Å²) >= 11 is 0. The molecule has 0 unspecified atom stereocenters. The lowest BCUT2D eigenvalue weighted by Crippen LogP contribution is -1.90. The summed E-state index contributed by atoms with van der Waals surface area (Å²) in [6.45, 7) is 0. The minimum Gasteiger partial charge on any atom is -0.496 e. The maximum atomic E-state index is 10.5. The molecule has 0 bridgehead atoms. The molecule has 0 atom stereocenters. The second-order valence-corrected chi connectivity index (χ2v) is 5.00. The van der Waals surface area contributed by atoms with Crippen molar-refractivity contribution in [2.75, 3.05) is 7.11 Å². The number of hydrogen-bond acceptors (Lipinski definition) is 3. The number of ether oxygens (including phenoxy) is 1. The topological polar surface area (TPSA) is 43.4 Å². The van der Waals surface area contributed by atoms with Crippen LogP contribution in [0.5, 0.6) is 5.75 Å². The fourth-order valence-electron chi connectivity index (χ4n) is 1.07. The van der Waals surface area contributed by atoms with E-state index in [-0.39, 0.29) is 6.42 Å². The zero-order valence-corrected chi connectivity index (χ0v) is 9.60. The normalized spacial score (nSPS) is 10.3. The van der Waals surface area contributed by atoms with E-state index in [1.807, 2.05) is 23.5 Å². The van der Waals surface area contributed by atoms with Crippen LogP contribution >= 0.6 is 10.7 Å². The van der Waals surface area contributed by atoms with E-state index in [2.05, 4.69) is 5.92 Å². The first-order chi connectivity index (χ1) is 7.03. The Labute approximate surface area is 93.4 Å². The van der Waals surface area contributed by atoms with Crippen LogP contribution in [-0.2, 0) is 15.5 Å². The lowest BCUT2D eigenvalue weighted by atomic mass is 10.1. The van der Waals surface area contributed by atoms with Gasteiger partial charge < -0.3 is 4.74 Å². The van der Waals surface area contributed by atoms with Crippen LogP contribution in [0.25, 0.3) is 0 Å². The molecule has 0 saturated heterocycles. The molecule has 0 fully saturated rings. The van der Waals surface area contributed by atoms with Gasteiger partial charge in [0, 0.05) is 27.9 Å². The van der Waals surface area contributed by atoms with Crippen LogP contribution in [0.1, 0.15) is 5.56 Å². The van der Waals surface area contributed by atoms with Gasteiger partial charge in [0.05, 0.1) is 7.11 Å². The van der Waals surface area contributed by atoms with Gasteiger partial charge in [-0.1, -0.05) is 24.1 Å². The quantitative estimate of drug-likeness (QED) is 0.588. The van der Waals surface area contributed by atoms with E-state index in [9.17, 15) is 8.42 Å². The lowest BCUT2D eigenvalue weighted by Gasteiger charge is -2.03. The zero-order chi connectivity index (χ0) is 11.3. The number of benzene rings is 1. The van der Waals surface area contributed by atoms with Crippen molar-refractivity contribution < 1.29 is 13.2 Å². The molecule has 0 aliphatic rings. The number of rotatable bonds is 2. The minimum atomic E-state index is -3.74. The maximum absolute atomic E-state index is 10.5. The Bertz CT molecular complexity index is 497. The van der Waals surface area contributed by atoms with Crippen LogP contribution in [-0.4, -0.2) is 15.5 Å². The number of para-hydroxylation sites is 1. The first-order valence-corrected chi connectivity index (χ1v) is 6.40. The van der Waals surface area contributed by atoms with E-state index < -0.39 is 9.05 Å². The van der Waals surface area contributed by atoms with Gasteiger partial charge in [-0.05, 0) is 6.07 Å². The number of hydrogen-bond donors (Lipinski definition) is 0. The third-order valence-electron chi connectivity index (χ3n) is 1.67. The third kappa shape index (κ3) is 4.24. The molecule has 3 nitrogen and oxygen atoms in total. The molecule has 0 aliphatic heterocycles. The summed E-state index contributed by atoms with van der Waals surface area (Å²) < 4.78 is 26.2. The van der Waals surface area contributed by atoms with Crippen molar-refractivity contribution in [3.05, 3.63) is 29.8 Å². The zero-order valence-electron chi connectivity index (χ0n) is 8.03. The first-order valence-electron chi connectivity index (χ1n) is 4.09. The summed E-state index contributed by atoms with van der Waals surface area (Å²) in [7, 11) is 2.74. The number of halogens is 1. The minimum absolute atomic E-state index is 0.288. The van der Waals surface area contributed by atoms with Gasteiger partial charge in [0.25, 0.3) is 0 Å². The fraction of sp³-hybridized carbons (Fsp3) is 0.200. The maximum Gasteiger partial charge on any atom is 0.300 e. The lowest BCUT2D eigenvalue weighted by molar-refractivity contribution is 0.411. The van der Waals surface area contributed by atoms with Crippen molar-refractivity contribution in [2.24, 2.45) is 0 Å². The van der Waals surface area contributed by atoms with Crippen LogP contribution in [0.2, 0.25) is 0 Å². The summed E-state index contributed by atoms with van der Waals surface area (Å²) in [6.07, 6.45) is 0.288. The second-order valence-electron chi connectivity index (χ2n) is 2.71. The van der Waals surface area contributed by atoms with Crippen molar-refractivity contribution in [1.29, 1.82) is 0 Å². The Balaban J connectivity index is 2.85. The molecule has 0 amide bonds. The first kappa shape index (κ1) is 11.9. The van der Waals surface area contributed by atoms with Gasteiger partial charge in [-0.15, -0.1) is 0 Å². The van der Waals surface area contributed by atoms with Crippen molar-refractivity contribution in [2.45, 2.75) is 6.42 Å². The van der Waals surface area contributed by atoms with Crippen LogP contribution in [0.15, 0.2) is 24.3 Å². The highest BCUT2D eigenvalue weighted by Crippen LogP contribution is 2.17. The van der Waals surface area contributed by atoms with Gasteiger partial charge in [0.2, 0.25) is 0 Å². The Morgan fingerprint density at radius 3 is 2.67 bits per heavy atom. The predicted molar refractivity (Wildman–Crippen MR) is 59.2 cm³/mol. The van der Waals surface area contributed by atoms with Gasteiger partial charge in [-0.3, -0.25) is 0 Å². The molecule has 15 heavy (non-hydrogen) atoms. The van der Waals surface area contributed by atoms with Gasteiger partial charge in [-0.2, -0.15) is 8.42 Å². The van der Waals surface area contributed by atoms with Gasteiger partial charge >= 0.3 is 9.05 Å². The standard InChI is InChI=1S/C10H9ClO3S/c1-14-10-7-3-2-5-9(10)6-4-8-15(11,12)13/h2-3,5,7H,6H2,1H3. The highest BCUT2D eigenvalue weighted by Gasteiger charge is 2.00. The summed E-state index contributed by atoms with van der Waals surface area (Å²) in [5, 5.41) is 1.95. The third-order valence-corrected chi connectivity index (χ3v) is 2.29. The van der Waals surface area contributed by atoms with Crippen LogP contribution in [0.4, 0.5) is 0 Å². The molecule has 0 spiro atoms. The molecule has 0 aromatic heterocycles. The van der Waals surface area contributed by atoms with Crippen LogP contribution in [0.3, 0.4) is 0 Å². The molecule has 0 N–H and O–H groups in total. The smallest absolute Gasteiger partial charge is 0.300 e. The Morgan fingerprint density at radius 1 is 1.40 bits per heavy atom. The molecule has 0 radical (unpaired) electrons. The summed E-state index contributed by atoms with van der Waals surface area (Å²) in [4.78, 5) is 0. The largest absolute Gasteiger partial charge is 0.496 e. The summed E-state index contributed by atoms with van der Waals surface area (Å²) in [5.74, 6) is 3.15. The highest BCUT2D eigenvalue weighted by atomic mass is 35.7. The van der Waals surface area contributed by atoms with Gasteiger partial charge in [0.1, 0.15) is 5.75 Å². The molecule has 1 aromatic rings. The number of methoxy groups -OCH3 is 1. The van der Waals surface area contributed by atoms with Crippen LogP contribution in [0, 0.1) is 11.2 Å². The molecular formula is C10H9ClO3S. The average Bonchev–Trinajstić information content (AvgIpc) is 2.16. The van der Waals surface area contributed by atoms with Crippen molar-refractivity contribution in [3.8, 4) is 16.9 Å². The van der Waals surface area contributed by atoms with Gasteiger partial charge in [-0.25, -0.2) is 0 Å². The highest BCUT2D eigenvalue weighted by molar-refractivity contribution is 8.17. The molecule has 0 aliphatic carbocycles. The summed E-state index contributed by atoms with van der Waals surface area (Å²) in [5.41, 5.74) is 0.827. The Hall–Kier alpha value is -1.18. The molecule has 1 aromatic carbocycles. The SMILES string of the molecule is COc1ccccc1CC#CS(=O)(=O)Cl. The van der Waals surface area contributed by atoms with E-state index >= 15 is 0 Å². The van der Waals surface area contributed by atoms with E-state index in [1.54, 1.807) is 13.2 Å². The molecular weight excluding hydrogens is 236 g/mol. The molecule has 1 rings (SSSR count). The molecule has 0 saturated carbocycles. The molecule has 5 heteroatoms. The monoisotopic (exact) mass is 244 g/mol. The summed E-state index contributed by atoms with van der Waals surface area (Å²) in [6, 6.07) is 7.25. The van der Waals surface area contributed by atoms with E-state index in [0.29, 0.717) is 5.75 Å². The Kier molecular flexibility index (Phi) is 4.01. The van der Waals surface area contributed by atoms with Crippen molar-refractivity contribution >= 4 is 19.7 Å². The van der Waals surface area contributed by atoms with E-state index in [0.717, 1.165) is 5.56 Å². The fourth-order valence-corrected chi connectivity index (χ4v) is 1.47. The average molecular weight is 245 g/mol. The van der Waals surface area contributed by atoms with E-state index in [4.69, 9.17) is 15.4 Å². The second kappa shape index (κ2) is 5.06. The van der Waals surface area contributed by atoms with Gasteiger partial charge in [0.15, 0.2) is 0 Å². The Morgan fingerprint density at radius 2 is 2.07 bits per heavy atom. The van der Waals surface area contributed by atoms with Crippen molar-refractivity contribution in [3.63, 3.8) is 0 Å². The van der Waals surface area contributed by atoms with Crippen LogP contribution < -0.4 is 4.74 Å². The van der Waals surface area contributed by atoms with E-state index in [1.165, 1.54) is 0 Å². The predicted octanol–water partition coefficient (Wildman–Crippen LogP) is 1.77. The molecule has 0 heterocycles. The van der Waals surface area contributed by atoms with Crippen molar-refractivity contribution in [1.82, 2.24) is 0 Å². The molecule has 80 valence electrons.